The summed E-state index contributed by atoms with van der Waals surface area (Å²) in [6.07, 6.45) is -10.7. The lowest BCUT2D eigenvalue weighted by Crippen LogP contribution is -2.51. The molecule has 2 heterocycles. The molecule has 1 aliphatic rings. The van der Waals surface area contributed by atoms with Gasteiger partial charge in [0.15, 0.2) is 18.0 Å². The minimum absolute atomic E-state index is 0.0405. The molecule has 3 aromatic rings. The van der Waals surface area contributed by atoms with Crippen LogP contribution in [0.25, 0.3) is 10.8 Å². The molecule has 6 unspecified atom stereocenters. The highest BCUT2D eigenvalue weighted by molar-refractivity contribution is 7.52. The van der Waals surface area contributed by atoms with Crippen LogP contribution in [0.15, 0.2) is 53.5 Å². The molecule has 0 spiro atoms. The van der Waals surface area contributed by atoms with Gasteiger partial charge >= 0.3 is 19.4 Å². The van der Waals surface area contributed by atoms with Crippen molar-refractivity contribution in [3.63, 3.8) is 0 Å². The van der Waals surface area contributed by atoms with E-state index in [4.69, 9.17) is 35.9 Å². The highest BCUT2D eigenvalue weighted by Crippen LogP contribution is 2.50. The number of nitrogen functional groups attached to an aromatic ring is 1. The lowest BCUT2D eigenvalue weighted by Gasteiger charge is -2.32. The number of aliphatic hydroxyl groups is 1. The number of carbonyl (C=O) groups excluding carboxylic acids is 1. The monoisotopic (exact) mass is 648 g/mol. The van der Waals surface area contributed by atoms with Crippen LogP contribution in [0, 0.1) is 0 Å². The second-order valence-corrected chi connectivity index (χ2v) is 12.1. The van der Waals surface area contributed by atoms with Gasteiger partial charge in [-0.05, 0) is 43.7 Å². The Kier molecular flexibility index (Phi) is 9.74. The average molecular weight is 649 g/mol. The van der Waals surface area contributed by atoms with E-state index in [-0.39, 0.29) is 10.8 Å². The van der Waals surface area contributed by atoms with Crippen LogP contribution in [0.5, 0.6) is 5.75 Å². The van der Waals surface area contributed by atoms with Crippen molar-refractivity contribution in [1.82, 2.24) is 14.6 Å². The molecule has 2 aromatic carbocycles. The fourth-order valence-corrected chi connectivity index (χ4v) is 5.94. The molecule has 0 radical (unpaired) electrons. The Morgan fingerprint density at radius 2 is 1.93 bits per heavy atom. The molecule has 0 amide bonds. The quantitative estimate of drug-likeness (QED) is 0.203. The number of rotatable bonds is 11. The van der Waals surface area contributed by atoms with Crippen LogP contribution in [-0.4, -0.2) is 63.7 Å². The lowest BCUT2D eigenvalue weighted by atomic mass is 9.98. The van der Waals surface area contributed by atoms with Gasteiger partial charge in [-0.3, -0.25) is 13.9 Å². The fraction of sp³-hybridized carbons (Fsp3) is 0.423. The number of halogens is 4. The Hall–Kier alpha value is -3.20. The van der Waals surface area contributed by atoms with E-state index in [2.05, 4.69) is 10.1 Å². The number of hydrogen-bond donors (Lipinski definition) is 3. The van der Waals surface area contributed by atoms with Crippen molar-refractivity contribution in [3.05, 3.63) is 64.2 Å². The van der Waals surface area contributed by atoms with Crippen LogP contribution in [0.2, 0.25) is 5.02 Å². The topological polar surface area (TPSA) is 164 Å². The van der Waals surface area contributed by atoms with Gasteiger partial charge in [0.1, 0.15) is 23.7 Å². The maximum absolute atomic E-state index is 15.5. The maximum Gasteiger partial charge on any atom is 0.459 e. The lowest BCUT2D eigenvalue weighted by molar-refractivity contribution is -0.183. The largest absolute Gasteiger partial charge is 0.462 e. The van der Waals surface area contributed by atoms with E-state index in [1.807, 2.05) is 0 Å². The Labute approximate surface area is 248 Å². The second-order valence-electron chi connectivity index (χ2n) is 10.0. The molecule has 6 atom stereocenters. The number of nitrogens with one attached hydrogen (secondary N) is 1. The molecule has 1 aromatic heterocycles. The van der Waals surface area contributed by atoms with E-state index in [0.29, 0.717) is 9.95 Å². The van der Waals surface area contributed by atoms with E-state index < -0.39 is 74.5 Å². The van der Waals surface area contributed by atoms with Gasteiger partial charge in [-0.15, -0.1) is 0 Å². The van der Waals surface area contributed by atoms with Crippen LogP contribution in [-0.2, 0) is 23.4 Å². The van der Waals surface area contributed by atoms with Crippen LogP contribution in [0.3, 0.4) is 0 Å². The van der Waals surface area contributed by atoms with E-state index >= 15 is 4.39 Å². The van der Waals surface area contributed by atoms with Gasteiger partial charge in [-0.25, -0.2) is 22.5 Å². The number of ether oxygens (including phenoxy) is 2. The van der Waals surface area contributed by atoms with Gasteiger partial charge in [0.05, 0.1) is 17.7 Å². The van der Waals surface area contributed by atoms with Crippen molar-refractivity contribution in [3.8, 4) is 5.75 Å². The van der Waals surface area contributed by atoms with Crippen LogP contribution in [0.1, 0.15) is 27.0 Å². The molecular formula is C26H29ClF3N4O8P. The molecule has 1 saturated heterocycles. The van der Waals surface area contributed by atoms with Gasteiger partial charge in [0.25, 0.3) is 6.43 Å². The van der Waals surface area contributed by atoms with Gasteiger partial charge in [-0.1, -0.05) is 41.9 Å². The minimum Gasteiger partial charge on any atom is -0.462 e. The molecule has 0 saturated carbocycles. The Bertz CT molecular complexity index is 1600. The first kappa shape index (κ1) is 32.7. The molecule has 1 fully saturated rings. The zero-order valence-electron chi connectivity index (χ0n) is 23.0. The van der Waals surface area contributed by atoms with Crippen LogP contribution in [0.4, 0.5) is 19.0 Å². The van der Waals surface area contributed by atoms with E-state index in [9.17, 15) is 28.0 Å². The maximum atomic E-state index is 15.5. The number of aliphatic hydroxyl groups excluding tert-OH is 1. The van der Waals surface area contributed by atoms with Crippen LogP contribution < -0.4 is 21.0 Å². The first-order valence-corrected chi connectivity index (χ1v) is 14.8. The summed E-state index contributed by atoms with van der Waals surface area (Å²) in [5.41, 5.74) is 1.04. The van der Waals surface area contributed by atoms with Gasteiger partial charge in [-0.2, -0.15) is 10.1 Å². The van der Waals surface area contributed by atoms with E-state index in [1.165, 1.54) is 19.1 Å². The van der Waals surface area contributed by atoms with E-state index in [0.717, 1.165) is 11.6 Å². The van der Waals surface area contributed by atoms with E-state index in [1.54, 1.807) is 44.2 Å². The predicted molar refractivity (Wildman–Crippen MR) is 150 cm³/mol. The first-order valence-electron chi connectivity index (χ1n) is 12.9. The molecule has 4 N–H and O–H groups in total. The zero-order valence-corrected chi connectivity index (χ0v) is 24.7. The molecule has 234 valence electrons. The summed E-state index contributed by atoms with van der Waals surface area (Å²) in [4.78, 5) is 28.2. The SMILES string of the molecule is CC(C)OC(=O)C(C)NP(=O)(OCC1(C(F)F)OC(n2cc(Cl)c(N)nc2=O)C(O)C1F)Oc1ccc2ccccc2c1. The summed E-state index contributed by atoms with van der Waals surface area (Å²) < 4.78 is 80.2. The number of alkyl halides is 3. The van der Waals surface area contributed by atoms with Gasteiger partial charge in [0, 0.05) is 6.20 Å². The van der Waals surface area contributed by atoms with Crippen molar-refractivity contribution < 1.29 is 46.2 Å². The average Bonchev–Trinajstić information content (AvgIpc) is 3.19. The number of carbonyl (C=O) groups is 1. The smallest absolute Gasteiger partial charge is 0.459 e. The third-order valence-corrected chi connectivity index (χ3v) is 8.36. The number of anilines is 1. The zero-order chi connectivity index (χ0) is 31.7. The van der Waals surface area contributed by atoms with Crippen molar-refractivity contribution in [2.45, 2.75) is 63.4 Å². The Morgan fingerprint density at radius 1 is 1.26 bits per heavy atom. The molecule has 12 nitrogen and oxygen atoms in total. The molecule has 1 aliphatic heterocycles. The third kappa shape index (κ3) is 6.97. The third-order valence-electron chi connectivity index (χ3n) is 6.44. The fourth-order valence-electron chi connectivity index (χ4n) is 4.27. The van der Waals surface area contributed by atoms with Gasteiger partial charge in [0.2, 0.25) is 0 Å². The Balaban J connectivity index is 1.66. The molecule has 43 heavy (non-hydrogen) atoms. The standard InChI is InChI=1S/C26H29ClF3N4O8P/c1-13(2)40-23(36)14(3)33-43(38,42-17-9-8-15-6-4-5-7-16(15)10-17)39-12-26(24(29)30)20(28)19(35)22(41-26)34-11-18(27)21(31)32-25(34)37/h4-11,13-14,19-20,22,24,35H,12H2,1-3H3,(H,33,38)(H2,31,32,37). The molecule has 17 heteroatoms. The number of aromatic nitrogens is 2. The van der Waals surface area contributed by atoms with Gasteiger partial charge < -0.3 is 24.8 Å². The van der Waals surface area contributed by atoms with Crippen molar-refractivity contribution in [2.75, 3.05) is 12.3 Å². The summed E-state index contributed by atoms with van der Waals surface area (Å²) in [5, 5.41) is 14.0. The summed E-state index contributed by atoms with van der Waals surface area (Å²) in [6.45, 7) is 2.96. The van der Waals surface area contributed by atoms with Crippen LogP contribution >= 0.6 is 19.3 Å². The highest BCUT2D eigenvalue weighted by Gasteiger charge is 2.63. The normalized spacial score (nSPS) is 24.3. The summed E-state index contributed by atoms with van der Waals surface area (Å²) >= 11 is 5.87. The first-order chi connectivity index (χ1) is 20.2. The molecular weight excluding hydrogens is 620 g/mol. The molecule has 0 aliphatic carbocycles. The predicted octanol–water partition coefficient (Wildman–Crippen LogP) is 4.00. The summed E-state index contributed by atoms with van der Waals surface area (Å²) in [5.74, 6) is -1.30. The number of benzene rings is 2. The molecule has 4 rings (SSSR count). The number of fused-ring (bicyclic) bond motifs is 1. The highest BCUT2D eigenvalue weighted by atomic mass is 35.5. The minimum atomic E-state index is -4.80. The number of nitrogens with zero attached hydrogens (tertiary/aromatic N) is 2. The summed E-state index contributed by atoms with van der Waals surface area (Å²) in [7, 11) is -4.80. The molecule has 0 bridgehead atoms. The number of hydrogen-bond acceptors (Lipinski definition) is 10. The van der Waals surface area contributed by atoms with Crippen molar-refractivity contribution in [1.29, 1.82) is 0 Å². The van der Waals surface area contributed by atoms with Crippen molar-refractivity contribution in [2.24, 2.45) is 0 Å². The number of nitrogens with two attached hydrogens (primary N) is 1. The summed E-state index contributed by atoms with van der Waals surface area (Å²) in [6, 6.07) is 10.3. The number of esters is 1. The van der Waals surface area contributed by atoms with Crippen molar-refractivity contribution >= 4 is 41.9 Å². The second kappa shape index (κ2) is 12.8. The Morgan fingerprint density at radius 3 is 2.58 bits per heavy atom.